The number of hydrogen-bond acceptors (Lipinski definition) is 4. The lowest BCUT2D eigenvalue weighted by Gasteiger charge is -2.60. The van der Waals surface area contributed by atoms with Crippen molar-refractivity contribution in [3.05, 3.63) is 29.8 Å². The number of aryl methyl sites for hydroxylation is 1. The number of thioether (sulfide) groups is 1. The highest BCUT2D eigenvalue weighted by atomic mass is 32.2. The first-order valence-electron chi connectivity index (χ1n) is 9.83. The molecule has 1 aromatic carbocycles. The maximum Gasteiger partial charge on any atom is 0.248 e. The van der Waals surface area contributed by atoms with Gasteiger partial charge in [0.15, 0.2) is 0 Å². The minimum absolute atomic E-state index is 0.0791. The van der Waals surface area contributed by atoms with Gasteiger partial charge in [-0.3, -0.25) is 20.4 Å². The molecule has 4 atom stereocenters. The first-order chi connectivity index (χ1) is 12.8. The number of carbonyl (C=O) groups excluding carboxylic acids is 2. The Hall–Kier alpha value is -1.53. The predicted molar refractivity (Wildman–Crippen MR) is 105 cm³/mol. The van der Waals surface area contributed by atoms with Crippen molar-refractivity contribution >= 4 is 23.6 Å². The van der Waals surface area contributed by atoms with Crippen LogP contribution in [0, 0.1) is 24.2 Å². The quantitative estimate of drug-likeness (QED) is 0.535. The van der Waals surface area contributed by atoms with Gasteiger partial charge in [-0.05, 0) is 74.8 Å². The molecule has 0 saturated heterocycles. The molecule has 0 heterocycles. The van der Waals surface area contributed by atoms with Crippen LogP contribution < -0.4 is 10.9 Å². The van der Waals surface area contributed by atoms with E-state index in [2.05, 4.69) is 10.9 Å². The van der Waals surface area contributed by atoms with E-state index in [0.29, 0.717) is 18.3 Å². The summed E-state index contributed by atoms with van der Waals surface area (Å²) < 4.78 is 0. The highest BCUT2D eigenvalue weighted by molar-refractivity contribution is 8.00. The van der Waals surface area contributed by atoms with Crippen molar-refractivity contribution in [2.75, 3.05) is 5.75 Å². The van der Waals surface area contributed by atoms with Gasteiger partial charge >= 0.3 is 0 Å². The molecule has 27 heavy (non-hydrogen) atoms. The molecule has 4 fully saturated rings. The Bertz CT molecular complexity index is 719. The number of hydrogen-bond donors (Lipinski definition) is 3. The number of hydrazine groups is 1. The number of aliphatic hydroxyl groups is 1. The molecule has 6 heteroatoms. The Balaban J connectivity index is 1.24. The second-order valence-electron chi connectivity index (χ2n) is 9.06. The largest absolute Gasteiger partial charge is 0.390 e. The van der Waals surface area contributed by atoms with Crippen molar-refractivity contribution in [3.8, 4) is 0 Å². The maximum absolute atomic E-state index is 12.4. The van der Waals surface area contributed by atoms with E-state index in [-0.39, 0.29) is 23.0 Å². The highest BCUT2D eigenvalue weighted by Gasteiger charge is 2.57. The number of rotatable bonds is 5. The minimum Gasteiger partial charge on any atom is -0.390 e. The minimum atomic E-state index is -0.557. The van der Waals surface area contributed by atoms with Crippen molar-refractivity contribution in [3.63, 3.8) is 0 Å². The van der Waals surface area contributed by atoms with Gasteiger partial charge < -0.3 is 5.11 Å². The Morgan fingerprint density at radius 3 is 2.33 bits per heavy atom. The second-order valence-corrected chi connectivity index (χ2v) is 10.1. The van der Waals surface area contributed by atoms with E-state index in [9.17, 15) is 14.7 Å². The van der Waals surface area contributed by atoms with Crippen LogP contribution in [0.3, 0.4) is 0 Å². The highest BCUT2D eigenvalue weighted by Crippen LogP contribution is 2.62. The summed E-state index contributed by atoms with van der Waals surface area (Å²) in [5.41, 5.74) is 5.67. The van der Waals surface area contributed by atoms with Crippen LogP contribution in [0.15, 0.2) is 29.2 Å². The molecule has 3 N–H and O–H groups in total. The standard InChI is InChI=1S/C21H28N2O3S/c1-14-2-4-17(5-3-14)27-12-19(25)23-22-18(24)11-20-7-15-6-16(8-20)10-21(26,9-15)13-20/h2-5,15-16,26H,6-13H2,1H3,(H,22,24)(H,23,25)/t15-,16+,20?,21?. The Morgan fingerprint density at radius 2 is 1.70 bits per heavy atom. The molecule has 4 aliphatic carbocycles. The van der Waals surface area contributed by atoms with E-state index in [1.165, 1.54) is 23.7 Å². The van der Waals surface area contributed by atoms with Crippen molar-refractivity contribution in [1.82, 2.24) is 10.9 Å². The van der Waals surface area contributed by atoms with Crippen LogP contribution in [0.2, 0.25) is 0 Å². The molecule has 1 aromatic rings. The smallest absolute Gasteiger partial charge is 0.248 e. The third-order valence-corrected chi connectivity index (χ3v) is 7.43. The third-order valence-electron chi connectivity index (χ3n) is 6.42. The zero-order chi connectivity index (χ0) is 19.1. The van der Waals surface area contributed by atoms with Crippen molar-refractivity contribution in [1.29, 1.82) is 0 Å². The Morgan fingerprint density at radius 1 is 1.07 bits per heavy atom. The summed E-state index contributed by atoms with van der Waals surface area (Å²) in [7, 11) is 0. The van der Waals surface area contributed by atoms with Gasteiger partial charge in [0.25, 0.3) is 0 Å². The summed E-state index contributed by atoms with van der Waals surface area (Å²) in [6, 6.07) is 8.01. The molecule has 2 amide bonds. The zero-order valence-corrected chi connectivity index (χ0v) is 16.6. The van der Waals surface area contributed by atoms with Crippen LogP contribution >= 0.6 is 11.8 Å². The fourth-order valence-electron chi connectivity index (χ4n) is 5.95. The molecule has 4 saturated carbocycles. The Kier molecular flexibility index (Phi) is 4.97. The lowest BCUT2D eigenvalue weighted by molar-refractivity contribution is -0.169. The molecule has 0 radical (unpaired) electrons. The molecule has 5 rings (SSSR count). The number of nitrogens with one attached hydrogen (secondary N) is 2. The summed E-state index contributed by atoms with van der Waals surface area (Å²) >= 11 is 1.45. The molecule has 0 spiro atoms. The molecule has 0 aromatic heterocycles. The first kappa shape index (κ1) is 18.8. The topological polar surface area (TPSA) is 78.4 Å². The van der Waals surface area contributed by atoms with Crippen molar-refractivity contribution in [2.45, 2.75) is 62.4 Å². The summed E-state index contributed by atoms with van der Waals surface area (Å²) in [6.45, 7) is 2.03. The van der Waals surface area contributed by atoms with Gasteiger partial charge in [-0.2, -0.15) is 0 Å². The van der Waals surface area contributed by atoms with Crippen LogP contribution in [-0.2, 0) is 9.59 Å². The SMILES string of the molecule is Cc1ccc(SCC(=O)NNC(=O)CC23C[C@@H]4C[C@@H](CC(O)(C4)C2)C3)cc1. The van der Waals surface area contributed by atoms with Gasteiger partial charge in [-0.15, -0.1) is 11.8 Å². The van der Waals surface area contributed by atoms with E-state index < -0.39 is 5.60 Å². The molecule has 4 bridgehead atoms. The number of benzene rings is 1. The van der Waals surface area contributed by atoms with Crippen LogP contribution in [0.5, 0.6) is 0 Å². The average Bonchev–Trinajstić information content (AvgIpc) is 2.57. The van der Waals surface area contributed by atoms with Crippen LogP contribution in [-0.4, -0.2) is 28.3 Å². The second kappa shape index (κ2) is 7.13. The normalized spacial score (nSPS) is 33.7. The van der Waals surface area contributed by atoms with Crippen molar-refractivity contribution < 1.29 is 14.7 Å². The summed E-state index contributed by atoms with van der Waals surface area (Å²) in [5, 5.41) is 10.8. The van der Waals surface area contributed by atoms with E-state index in [0.717, 1.165) is 37.0 Å². The van der Waals surface area contributed by atoms with Gasteiger partial charge in [0.05, 0.1) is 11.4 Å². The lowest BCUT2D eigenvalue weighted by Crippen LogP contribution is -2.57. The van der Waals surface area contributed by atoms with Crippen molar-refractivity contribution in [2.24, 2.45) is 17.3 Å². The van der Waals surface area contributed by atoms with Gasteiger partial charge in [0.2, 0.25) is 11.8 Å². The Labute approximate surface area is 164 Å². The monoisotopic (exact) mass is 388 g/mol. The van der Waals surface area contributed by atoms with E-state index in [1.807, 2.05) is 31.2 Å². The molecule has 5 nitrogen and oxygen atoms in total. The third kappa shape index (κ3) is 4.32. The summed E-state index contributed by atoms with van der Waals surface area (Å²) in [6.07, 6.45) is 6.22. The van der Waals surface area contributed by atoms with Gasteiger partial charge in [0, 0.05) is 11.3 Å². The molecule has 4 aliphatic rings. The van der Waals surface area contributed by atoms with Crippen LogP contribution in [0.25, 0.3) is 0 Å². The molecule has 2 unspecified atom stereocenters. The van der Waals surface area contributed by atoms with Gasteiger partial charge in [-0.1, -0.05) is 17.7 Å². The number of carbonyl (C=O) groups is 2. The number of amides is 2. The maximum atomic E-state index is 12.4. The van der Waals surface area contributed by atoms with E-state index >= 15 is 0 Å². The van der Waals surface area contributed by atoms with Gasteiger partial charge in [-0.25, -0.2) is 0 Å². The fourth-order valence-corrected chi connectivity index (χ4v) is 6.65. The van der Waals surface area contributed by atoms with E-state index in [4.69, 9.17) is 0 Å². The fraction of sp³-hybridized carbons (Fsp3) is 0.619. The molecular formula is C21H28N2O3S. The average molecular weight is 389 g/mol. The molecule has 146 valence electrons. The van der Waals surface area contributed by atoms with Gasteiger partial charge in [0.1, 0.15) is 0 Å². The summed E-state index contributed by atoms with van der Waals surface area (Å²) in [4.78, 5) is 25.5. The zero-order valence-electron chi connectivity index (χ0n) is 15.8. The van der Waals surface area contributed by atoms with Crippen LogP contribution in [0.4, 0.5) is 0 Å². The lowest BCUT2D eigenvalue weighted by atomic mass is 9.47. The van der Waals surface area contributed by atoms with E-state index in [1.54, 1.807) is 0 Å². The van der Waals surface area contributed by atoms with Crippen LogP contribution in [0.1, 0.15) is 50.5 Å². The summed E-state index contributed by atoms with van der Waals surface area (Å²) in [5.74, 6) is 1.03. The molecular weight excluding hydrogens is 360 g/mol. The first-order valence-corrected chi connectivity index (χ1v) is 10.8. The molecule has 0 aliphatic heterocycles. The predicted octanol–water partition coefficient (Wildman–Crippen LogP) is 2.96.